The molecule has 0 radical (unpaired) electrons. The smallest absolute Gasteiger partial charge is 0.0469 e. The van der Waals surface area contributed by atoms with Gasteiger partial charge in [0.05, 0.1) is 0 Å². The number of nitrogens with one attached hydrogen (secondary N) is 1. The van der Waals surface area contributed by atoms with Crippen LogP contribution in [0.15, 0.2) is 30.3 Å². The van der Waals surface area contributed by atoms with E-state index in [2.05, 4.69) is 42.7 Å². The topological polar surface area (TPSA) is 21.3 Å². The van der Waals surface area contributed by atoms with Crippen molar-refractivity contribution in [1.29, 1.82) is 0 Å². The molecule has 0 aliphatic carbocycles. The van der Waals surface area contributed by atoms with Crippen LogP contribution < -0.4 is 5.32 Å². The summed E-state index contributed by atoms with van der Waals surface area (Å²) in [6, 6.07) is 11.5. The Morgan fingerprint density at radius 1 is 1.22 bits per heavy atom. The largest absolute Gasteiger partial charge is 0.381 e. The number of hydrogen-bond donors (Lipinski definition) is 1. The van der Waals surface area contributed by atoms with Crippen LogP contribution in [0.4, 0.5) is 0 Å². The fourth-order valence-electron chi connectivity index (χ4n) is 2.90. The summed E-state index contributed by atoms with van der Waals surface area (Å²) >= 11 is 0. The summed E-state index contributed by atoms with van der Waals surface area (Å²) in [5.41, 5.74) is 1.46. The molecule has 18 heavy (non-hydrogen) atoms. The Bertz CT molecular complexity index is 319. The number of hydrogen-bond acceptors (Lipinski definition) is 2. The minimum atomic E-state index is 0.664. The van der Waals surface area contributed by atoms with Crippen LogP contribution in [0.2, 0.25) is 0 Å². The van der Waals surface area contributed by atoms with Crippen molar-refractivity contribution in [2.45, 2.75) is 38.1 Å². The fraction of sp³-hybridized carbons (Fsp3) is 0.625. The molecule has 1 N–H and O–H groups in total. The molecule has 0 saturated carbocycles. The van der Waals surface area contributed by atoms with E-state index in [9.17, 15) is 0 Å². The molecule has 0 spiro atoms. The van der Waals surface area contributed by atoms with Gasteiger partial charge in [-0.3, -0.25) is 0 Å². The second kappa shape index (κ2) is 7.55. The van der Waals surface area contributed by atoms with E-state index in [4.69, 9.17) is 4.74 Å². The molecule has 0 aromatic heterocycles. The summed E-state index contributed by atoms with van der Waals surface area (Å²) in [4.78, 5) is 0. The maximum Gasteiger partial charge on any atom is 0.0469 e. The van der Waals surface area contributed by atoms with Gasteiger partial charge in [-0.15, -0.1) is 0 Å². The van der Waals surface area contributed by atoms with Crippen LogP contribution in [0.25, 0.3) is 0 Å². The highest BCUT2D eigenvalue weighted by Gasteiger charge is 2.22. The summed E-state index contributed by atoms with van der Waals surface area (Å²) in [5.74, 6) is 0.805. The van der Waals surface area contributed by atoms with Gasteiger partial charge in [-0.1, -0.05) is 30.3 Å². The van der Waals surface area contributed by atoms with Crippen molar-refractivity contribution < 1.29 is 4.74 Å². The van der Waals surface area contributed by atoms with Crippen molar-refractivity contribution in [1.82, 2.24) is 5.32 Å². The molecule has 2 nitrogen and oxygen atoms in total. The first-order valence-electron chi connectivity index (χ1n) is 7.19. The third kappa shape index (κ3) is 4.11. The Morgan fingerprint density at radius 2 is 1.94 bits per heavy atom. The Kier molecular flexibility index (Phi) is 5.69. The first kappa shape index (κ1) is 13.6. The van der Waals surface area contributed by atoms with Gasteiger partial charge >= 0.3 is 0 Å². The molecule has 1 atom stereocenters. The van der Waals surface area contributed by atoms with E-state index in [0.29, 0.717) is 6.04 Å². The summed E-state index contributed by atoms with van der Waals surface area (Å²) < 4.78 is 5.44. The molecule has 0 bridgehead atoms. The second-order valence-corrected chi connectivity index (χ2v) is 5.22. The zero-order chi connectivity index (χ0) is 12.6. The Hall–Kier alpha value is -0.860. The predicted octanol–water partition coefficient (Wildman–Crippen LogP) is 3.02. The minimum absolute atomic E-state index is 0.664. The van der Waals surface area contributed by atoms with Crippen molar-refractivity contribution in [3.8, 4) is 0 Å². The number of rotatable bonds is 6. The van der Waals surface area contributed by atoms with Gasteiger partial charge in [-0.25, -0.2) is 0 Å². The maximum absolute atomic E-state index is 5.44. The summed E-state index contributed by atoms with van der Waals surface area (Å²) in [7, 11) is 2.10. The Labute approximate surface area is 111 Å². The molecular formula is C16H25NO. The van der Waals surface area contributed by atoms with Gasteiger partial charge in [-0.2, -0.15) is 0 Å². The van der Waals surface area contributed by atoms with Crippen LogP contribution in [-0.2, 0) is 11.2 Å². The van der Waals surface area contributed by atoms with Crippen LogP contribution >= 0.6 is 0 Å². The summed E-state index contributed by atoms with van der Waals surface area (Å²) in [6.07, 6.45) is 6.18. The Morgan fingerprint density at radius 3 is 2.61 bits per heavy atom. The summed E-state index contributed by atoms with van der Waals surface area (Å²) in [5, 5.41) is 3.50. The normalized spacial score (nSPS) is 18.7. The second-order valence-electron chi connectivity index (χ2n) is 5.22. The average Bonchev–Trinajstić information content (AvgIpc) is 2.46. The first-order chi connectivity index (χ1) is 8.90. The molecule has 0 amide bonds. The van der Waals surface area contributed by atoms with Crippen molar-refractivity contribution in [2.24, 2.45) is 5.92 Å². The lowest BCUT2D eigenvalue weighted by atomic mass is 9.88. The van der Waals surface area contributed by atoms with Gasteiger partial charge in [-0.05, 0) is 50.6 Å². The van der Waals surface area contributed by atoms with Gasteiger partial charge < -0.3 is 10.1 Å². The summed E-state index contributed by atoms with van der Waals surface area (Å²) in [6.45, 7) is 1.89. The van der Waals surface area contributed by atoms with Gasteiger partial charge in [0.25, 0.3) is 0 Å². The van der Waals surface area contributed by atoms with E-state index in [0.717, 1.165) is 19.1 Å². The highest BCUT2D eigenvalue weighted by molar-refractivity contribution is 5.14. The lowest BCUT2D eigenvalue weighted by Crippen LogP contribution is -2.37. The van der Waals surface area contributed by atoms with Gasteiger partial charge in [0.2, 0.25) is 0 Å². The first-order valence-corrected chi connectivity index (χ1v) is 7.19. The van der Waals surface area contributed by atoms with Crippen molar-refractivity contribution >= 4 is 0 Å². The van der Waals surface area contributed by atoms with Crippen LogP contribution in [0.3, 0.4) is 0 Å². The van der Waals surface area contributed by atoms with E-state index in [1.807, 2.05) is 0 Å². The van der Waals surface area contributed by atoms with Crippen molar-refractivity contribution in [3.63, 3.8) is 0 Å². The van der Waals surface area contributed by atoms with Crippen molar-refractivity contribution in [2.75, 3.05) is 20.3 Å². The van der Waals surface area contributed by atoms with Crippen molar-refractivity contribution in [3.05, 3.63) is 35.9 Å². The van der Waals surface area contributed by atoms with E-state index >= 15 is 0 Å². The fourth-order valence-corrected chi connectivity index (χ4v) is 2.90. The molecular weight excluding hydrogens is 222 g/mol. The van der Waals surface area contributed by atoms with E-state index in [1.54, 1.807) is 0 Å². The molecule has 1 fully saturated rings. The Balaban J connectivity index is 1.73. The lowest BCUT2D eigenvalue weighted by molar-refractivity contribution is 0.0534. The van der Waals surface area contributed by atoms with Gasteiger partial charge in [0, 0.05) is 19.3 Å². The standard InChI is InChI=1S/C16H25NO/c1-17-16(15-10-12-18-13-11-15)9-5-8-14-6-3-2-4-7-14/h2-4,6-7,15-17H,5,8-13H2,1H3. The molecule has 2 heteroatoms. The third-order valence-corrected chi connectivity index (χ3v) is 4.03. The monoisotopic (exact) mass is 247 g/mol. The quantitative estimate of drug-likeness (QED) is 0.834. The SMILES string of the molecule is CNC(CCCc1ccccc1)C1CCOCC1. The molecule has 1 unspecified atom stereocenters. The molecule has 1 saturated heterocycles. The zero-order valence-corrected chi connectivity index (χ0v) is 11.4. The van der Waals surface area contributed by atoms with Crippen LogP contribution in [0.1, 0.15) is 31.2 Å². The molecule has 100 valence electrons. The van der Waals surface area contributed by atoms with E-state index in [1.165, 1.54) is 37.7 Å². The maximum atomic E-state index is 5.44. The average molecular weight is 247 g/mol. The van der Waals surface area contributed by atoms with Crippen LogP contribution in [0.5, 0.6) is 0 Å². The zero-order valence-electron chi connectivity index (χ0n) is 11.4. The highest BCUT2D eigenvalue weighted by Crippen LogP contribution is 2.22. The number of aryl methyl sites for hydroxylation is 1. The molecule has 1 aromatic carbocycles. The van der Waals surface area contributed by atoms with Gasteiger partial charge in [0.1, 0.15) is 0 Å². The van der Waals surface area contributed by atoms with E-state index in [-0.39, 0.29) is 0 Å². The van der Waals surface area contributed by atoms with Gasteiger partial charge in [0.15, 0.2) is 0 Å². The minimum Gasteiger partial charge on any atom is -0.381 e. The third-order valence-electron chi connectivity index (χ3n) is 4.03. The highest BCUT2D eigenvalue weighted by atomic mass is 16.5. The lowest BCUT2D eigenvalue weighted by Gasteiger charge is -2.30. The molecule has 1 heterocycles. The van der Waals surface area contributed by atoms with Crippen LogP contribution in [-0.4, -0.2) is 26.3 Å². The predicted molar refractivity (Wildman–Crippen MR) is 75.8 cm³/mol. The number of benzene rings is 1. The van der Waals surface area contributed by atoms with E-state index < -0.39 is 0 Å². The van der Waals surface area contributed by atoms with Crippen LogP contribution in [0, 0.1) is 5.92 Å². The molecule has 1 aliphatic rings. The molecule has 2 rings (SSSR count). The number of ether oxygens (including phenoxy) is 1. The molecule has 1 aliphatic heterocycles. The molecule has 1 aromatic rings.